The Hall–Kier alpha value is -2.87. The van der Waals surface area contributed by atoms with Gasteiger partial charge in [-0.05, 0) is 70.2 Å². The molecule has 2 rings (SSSR count). The molecule has 7 nitrogen and oxygen atoms in total. The summed E-state index contributed by atoms with van der Waals surface area (Å²) in [7, 11) is -3.52. The van der Waals surface area contributed by atoms with Crippen LogP contribution in [-0.2, 0) is 26.2 Å². The van der Waals surface area contributed by atoms with E-state index >= 15 is 0 Å². The lowest BCUT2D eigenvalue weighted by Gasteiger charge is -2.33. The van der Waals surface area contributed by atoms with Crippen LogP contribution in [0.15, 0.2) is 48.5 Å². The Morgan fingerprint density at radius 1 is 0.972 bits per heavy atom. The van der Waals surface area contributed by atoms with E-state index in [2.05, 4.69) is 5.32 Å². The van der Waals surface area contributed by atoms with E-state index in [1.165, 1.54) is 10.6 Å². The summed E-state index contributed by atoms with van der Waals surface area (Å²) >= 11 is 0. The molecule has 0 radical (unpaired) electrons. The van der Waals surface area contributed by atoms with Gasteiger partial charge in [0.05, 0.1) is 11.9 Å². The first-order valence-corrected chi connectivity index (χ1v) is 14.3. The maximum Gasteiger partial charge on any atom is 0.243 e. The van der Waals surface area contributed by atoms with E-state index in [4.69, 9.17) is 0 Å². The molecule has 0 fully saturated rings. The van der Waals surface area contributed by atoms with Gasteiger partial charge in [-0.25, -0.2) is 8.42 Å². The number of anilines is 1. The molecule has 0 aliphatic heterocycles. The summed E-state index contributed by atoms with van der Waals surface area (Å²) < 4.78 is 26.4. The third-order valence-corrected chi connectivity index (χ3v) is 7.20. The average Bonchev–Trinajstić information content (AvgIpc) is 2.76. The molecule has 198 valence electrons. The van der Waals surface area contributed by atoms with Crippen molar-refractivity contribution < 1.29 is 18.0 Å². The molecule has 2 aromatic carbocycles. The Morgan fingerprint density at radius 3 is 2.08 bits per heavy atom. The summed E-state index contributed by atoms with van der Waals surface area (Å²) in [4.78, 5) is 28.3. The molecule has 0 heterocycles. The van der Waals surface area contributed by atoms with Crippen LogP contribution >= 0.6 is 0 Å². The third-order valence-electron chi connectivity index (χ3n) is 6.02. The van der Waals surface area contributed by atoms with E-state index in [-0.39, 0.29) is 24.8 Å². The second-order valence-electron chi connectivity index (χ2n) is 10.3. The molecular weight excluding hydrogens is 474 g/mol. The highest BCUT2D eigenvalue weighted by atomic mass is 32.2. The maximum atomic E-state index is 13.5. The topological polar surface area (TPSA) is 86.8 Å². The summed E-state index contributed by atoms with van der Waals surface area (Å²) in [5, 5.41) is 3.01. The lowest BCUT2D eigenvalue weighted by Crippen LogP contribution is -2.53. The molecule has 1 N–H and O–H groups in total. The summed E-state index contributed by atoms with van der Waals surface area (Å²) in [6.45, 7) is 12.0. The summed E-state index contributed by atoms with van der Waals surface area (Å²) in [5.74, 6) is -0.364. The van der Waals surface area contributed by atoms with E-state index in [9.17, 15) is 18.0 Å². The van der Waals surface area contributed by atoms with Gasteiger partial charge in [0, 0.05) is 25.0 Å². The van der Waals surface area contributed by atoms with Gasteiger partial charge in [-0.15, -0.1) is 0 Å². The van der Waals surface area contributed by atoms with Crippen LogP contribution in [0.1, 0.15) is 63.6 Å². The van der Waals surface area contributed by atoms with Crippen LogP contribution < -0.4 is 9.62 Å². The molecule has 8 heteroatoms. The Kier molecular flexibility index (Phi) is 10.1. The minimum Gasteiger partial charge on any atom is -0.350 e. The Labute approximate surface area is 216 Å². The van der Waals surface area contributed by atoms with Gasteiger partial charge in [0.2, 0.25) is 21.8 Å². The van der Waals surface area contributed by atoms with E-state index < -0.39 is 21.6 Å². The van der Waals surface area contributed by atoms with Crippen molar-refractivity contribution in [1.29, 1.82) is 0 Å². The van der Waals surface area contributed by atoms with E-state index in [1.54, 1.807) is 17.0 Å². The van der Waals surface area contributed by atoms with Crippen LogP contribution in [0.5, 0.6) is 0 Å². The van der Waals surface area contributed by atoms with E-state index in [0.29, 0.717) is 25.1 Å². The van der Waals surface area contributed by atoms with Gasteiger partial charge in [-0.1, -0.05) is 49.4 Å². The first kappa shape index (κ1) is 29.4. The van der Waals surface area contributed by atoms with Gasteiger partial charge in [-0.2, -0.15) is 0 Å². The molecule has 0 unspecified atom stereocenters. The molecule has 2 amide bonds. The zero-order chi connectivity index (χ0) is 27.1. The predicted molar refractivity (Wildman–Crippen MR) is 146 cm³/mol. The van der Waals surface area contributed by atoms with Gasteiger partial charge >= 0.3 is 0 Å². The number of nitrogens with one attached hydrogen (secondary N) is 1. The highest BCUT2D eigenvalue weighted by molar-refractivity contribution is 7.92. The zero-order valence-corrected chi connectivity index (χ0v) is 23.5. The second kappa shape index (κ2) is 12.4. The summed E-state index contributed by atoms with van der Waals surface area (Å²) in [6.07, 6.45) is 2.11. The fourth-order valence-electron chi connectivity index (χ4n) is 4.17. The molecule has 0 spiro atoms. The van der Waals surface area contributed by atoms with E-state index in [1.807, 2.05) is 77.9 Å². The fraction of sp³-hybridized carbons (Fsp3) is 0.500. The lowest BCUT2D eigenvalue weighted by atomic mass is 10.0. The molecule has 0 bridgehead atoms. The Balaban J connectivity index is 2.26. The first-order chi connectivity index (χ1) is 16.7. The van der Waals surface area contributed by atoms with Crippen LogP contribution in [0.25, 0.3) is 0 Å². The number of para-hydroxylation sites is 1. The largest absolute Gasteiger partial charge is 0.350 e. The SMILES string of the molecule is CC[C@H](C(=O)NC(C)(C)C)N(Cc1ccccc1C)C(=O)CCCN(c1ccccc1C)S(C)(=O)=O. The zero-order valence-electron chi connectivity index (χ0n) is 22.7. The molecule has 0 aliphatic rings. The normalized spacial score (nSPS) is 12.6. The van der Waals surface area contributed by atoms with Crippen molar-refractivity contribution in [3.05, 3.63) is 65.2 Å². The molecule has 0 aromatic heterocycles. The summed E-state index contributed by atoms with van der Waals surface area (Å²) in [6, 6.07) is 14.5. The molecule has 0 saturated carbocycles. The Bertz CT molecular complexity index is 1160. The van der Waals surface area contributed by atoms with E-state index in [0.717, 1.165) is 16.7 Å². The van der Waals surface area contributed by atoms with Crippen molar-refractivity contribution in [2.75, 3.05) is 17.1 Å². The minimum atomic E-state index is -3.52. The quantitative estimate of drug-likeness (QED) is 0.475. The van der Waals surface area contributed by atoms with Crippen LogP contribution in [-0.4, -0.2) is 49.5 Å². The van der Waals surface area contributed by atoms with Crippen LogP contribution in [0, 0.1) is 13.8 Å². The number of benzene rings is 2. The van der Waals surface area contributed by atoms with Crippen molar-refractivity contribution in [2.45, 2.75) is 78.9 Å². The van der Waals surface area contributed by atoms with Crippen LogP contribution in [0.4, 0.5) is 5.69 Å². The van der Waals surface area contributed by atoms with Crippen molar-refractivity contribution in [1.82, 2.24) is 10.2 Å². The monoisotopic (exact) mass is 515 g/mol. The number of hydrogen-bond donors (Lipinski definition) is 1. The highest BCUT2D eigenvalue weighted by Gasteiger charge is 2.31. The molecule has 0 saturated heterocycles. The van der Waals surface area contributed by atoms with Gasteiger partial charge in [-0.3, -0.25) is 13.9 Å². The fourth-order valence-corrected chi connectivity index (χ4v) is 5.19. The van der Waals surface area contributed by atoms with Crippen LogP contribution in [0.3, 0.4) is 0 Å². The molecule has 1 atom stereocenters. The number of nitrogens with zero attached hydrogens (tertiary/aromatic N) is 2. The Morgan fingerprint density at radius 2 is 1.56 bits per heavy atom. The van der Waals surface area contributed by atoms with Crippen molar-refractivity contribution >= 4 is 27.5 Å². The number of rotatable bonds is 11. The predicted octanol–water partition coefficient (Wildman–Crippen LogP) is 4.57. The van der Waals surface area contributed by atoms with Crippen molar-refractivity contribution in [2.24, 2.45) is 0 Å². The molecule has 36 heavy (non-hydrogen) atoms. The summed E-state index contributed by atoms with van der Waals surface area (Å²) in [5.41, 5.74) is 3.06. The number of sulfonamides is 1. The number of hydrogen-bond acceptors (Lipinski definition) is 4. The maximum absolute atomic E-state index is 13.5. The molecule has 0 aliphatic carbocycles. The third kappa shape index (κ3) is 8.36. The average molecular weight is 516 g/mol. The smallest absolute Gasteiger partial charge is 0.243 e. The molecular formula is C28H41N3O4S. The highest BCUT2D eigenvalue weighted by Crippen LogP contribution is 2.23. The molecule has 2 aromatic rings. The second-order valence-corrected chi connectivity index (χ2v) is 12.2. The van der Waals surface area contributed by atoms with Gasteiger partial charge in [0.15, 0.2) is 0 Å². The minimum absolute atomic E-state index is 0.128. The van der Waals surface area contributed by atoms with Crippen molar-refractivity contribution in [3.63, 3.8) is 0 Å². The number of carbonyl (C=O) groups is 2. The van der Waals surface area contributed by atoms with Gasteiger partial charge < -0.3 is 10.2 Å². The van der Waals surface area contributed by atoms with Gasteiger partial charge in [0.1, 0.15) is 6.04 Å². The number of aryl methyl sites for hydroxylation is 2. The van der Waals surface area contributed by atoms with Gasteiger partial charge in [0.25, 0.3) is 0 Å². The number of carbonyl (C=O) groups excluding carboxylic acids is 2. The number of amides is 2. The van der Waals surface area contributed by atoms with Crippen LogP contribution in [0.2, 0.25) is 0 Å². The van der Waals surface area contributed by atoms with Crippen molar-refractivity contribution in [3.8, 4) is 0 Å². The standard InChI is InChI=1S/C28H41N3O4S/c1-8-24(27(33)29-28(4,5)6)30(20-23-16-11-9-14-21(23)2)26(32)18-13-19-31(36(7,34)35)25-17-12-10-15-22(25)3/h9-12,14-17,24H,8,13,18-20H2,1-7H3,(H,29,33)/t24-/m1/s1. The lowest BCUT2D eigenvalue weighted by molar-refractivity contribution is -0.142. The first-order valence-electron chi connectivity index (χ1n) is 12.4.